The maximum Gasteiger partial charge on any atom is 0.303 e. The number of hydrogen-bond donors (Lipinski definition) is 1. The van der Waals surface area contributed by atoms with Crippen LogP contribution in [0.25, 0.3) is 0 Å². The Labute approximate surface area is 59.4 Å². The molecule has 0 aliphatic heterocycles. The van der Waals surface area contributed by atoms with E-state index in [0.29, 0.717) is 24.5 Å². The van der Waals surface area contributed by atoms with Crippen LogP contribution in [0.3, 0.4) is 0 Å². The first-order chi connectivity index (χ1) is 4.63. The third-order valence-corrected chi connectivity index (χ3v) is 1.11. The molecule has 4 heteroatoms. The van der Waals surface area contributed by atoms with Gasteiger partial charge in [0.2, 0.25) is 0 Å². The van der Waals surface area contributed by atoms with Gasteiger partial charge in [0.25, 0.3) is 0 Å². The summed E-state index contributed by atoms with van der Waals surface area (Å²) in [5, 5.41) is 8.73. The number of nitrogens with zero attached hydrogens (tertiary/aromatic N) is 1. The number of carboxylic acid groups (broad SMARTS) is 1. The minimum Gasteiger partial charge on any atom is -0.481 e. The maximum atomic E-state index is 11.9. The van der Waals surface area contributed by atoms with Crippen molar-refractivity contribution in [3.05, 3.63) is 0 Å². The molecule has 0 aromatic heterocycles. The molecule has 0 rings (SSSR count). The minimum absolute atomic E-state index is 0.133. The van der Waals surface area contributed by atoms with E-state index < -0.39 is 5.97 Å². The highest BCUT2D eigenvalue weighted by Crippen LogP contribution is 1.96. The first-order valence-electron chi connectivity index (χ1n) is 3.21. The highest BCUT2D eigenvalue weighted by atomic mass is 19.2. The topological polar surface area (TPSA) is 40.5 Å². The molecule has 0 fully saturated rings. The molecule has 0 aliphatic carbocycles. The fraction of sp³-hybridized carbons (Fsp3) is 0.833. The van der Waals surface area contributed by atoms with Crippen molar-refractivity contribution in [2.75, 3.05) is 13.6 Å². The zero-order chi connectivity index (χ0) is 7.98. The summed E-state index contributed by atoms with van der Waals surface area (Å²) in [6.45, 7) is 0.313. The maximum absolute atomic E-state index is 11.9. The van der Waals surface area contributed by atoms with Crippen LogP contribution in [-0.4, -0.2) is 29.8 Å². The molecule has 0 saturated heterocycles. The van der Waals surface area contributed by atoms with Crippen molar-refractivity contribution in [3.8, 4) is 0 Å². The van der Waals surface area contributed by atoms with E-state index >= 15 is 0 Å². The van der Waals surface area contributed by atoms with Crippen molar-refractivity contribution in [3.63, 3.8) is 0 Å². The molecule has 0 heterocycles. The van der Waals surface area contributed by atoms with E-state index in [1.165, 1.54) is 7.05 Å². The predicted octanol–water partition coefficient (Wildman–Crippen LogP) is 1.06. The van der Waals surface area contributed by atoms with E-state index in [1.54, 1.807) is 0 Å². The van der Waals surface area contributed by atoms with E-state index in [4.69, 9.17) is 5.11 Å². The van der Waals surface area contributed by atoms with Crippen LogP contribution in [0.1, 0.15) is 19.3 Å². The molecule has 0 unspecified atom stereocenters. The van der Waals surface area contributed by atoms with Crippen LogP contribution in [0.4, 0.5) is 4.48 Å². The van der Waals surface area contributed by atoms with Crippen molar-refractivity contribution in [2.24, 2.45) is 0 Å². The van der Waals surface area contributed by atoms with Gasteiger partial charge in [-0.1, -0.05) is 0 Å². The Hall–Kier alpha value is -0.640. The Bertz CT molecular complexity index is 106. The van der Waals surface area contributed by atoms with Gasteiger partial charge in [0, 0.05) is 20.0 Å². The first kappa shape index (κ1) is 9.36. The summed E-state index contributed by atoms with van der Waals surface area (Å²) in [5.74, 6) is -0.818. The van der Waals surface area contributed by atoms with Gasteiger partial charge in [-0.15, -0.1) is 9.60 Å². The Morgan fingerprint density at radius 3 is 2.60 bits per heavy atom. The summed E-state index contributed by atoms with van der Waals surface area (Å²) >= 11 is 0. The molecule has 0 amide bonds. The second kappa shape index (κ2) is 5.17. The summed E-state index contributed by atoms with van der Waals surface area (Å²) in [6.07, 6.45) is 1.27. The Kier molecular flexibility index (Phi) is 4.84. The lowest BCUT2D eigenvalue weighted by molar-refractivity contribution is -0.137. The fourth-order valence-electron chi connectivity index (χ4n) is 0.606. The highest BCUT2D eigenvalue weighted by molar-refractivity contribution is 5.66. The average molecular weight is 149 g/mol. The summed E-state index contributed by atoms with van der Waals surface area (Å²) in [5.41, 5.74) is 0. The third-order valence-electron chi connectivity index (χ3n) is 1.11. The van der Waals surface area contributed by atoms with Gasteiger partial charge < -0.3 is 5.11 Å². The largest absolute Gasteiger partial charge is 0.481 e. The zero-order valence-electron chi connectivity index (χ0n) is 6.01. The standard InChI is InChI=1S/C6H12FNO2/c1-8(7)5-3-2-4-6(9)10/h2-5H2,1H3,(H,9,10). The molecular weight excluding hydrogens is 137 g/mol. The Morgan fingerprint density at radius 2 is 2.20 bits per heavy atom. The van der Waals surface area contributed by atoms with Gasteiger partial charge in [-0.25, -0.2) is 0 Å². The molecule has 0 aliphatic rings. The van der Waals surface area contributed by atoms with Crippen molar-refractivity contribution < 1.29 is 14.4 Å². The van der Waals surface area contributed by atoms with Gasteiger partial charge in [0.1, 0.15) is 0 Å². The van der Waals surface area contributed by atoms with Crippen LogP contribution >= 0.6 is 0 Å². The van der Waals surface area contributed by atoms with Gasteiger partial charge in [-0.3, -0.25) is 4.79 Å². The van der Waals surface area contributed by atoms with Crippen molar-refractivity contribution in [1.29, 1.82) is 0 Å². The quantitative estimate of drug-likeness (QED) is 0.469. The van der Waals surface area contributed by atoms with E-state index in [-0.39, 0.29) is 6.42 Å². The normalized spacial score (nSPS) is 10.3. The number of aliphatic carboxylic acids is 1. The second-order valence-electron chi connectivity index (χ2n) is 2.18. The number of rotatable bonds is 5. The lowest BCUT2D eigenvalue weighted by Gasteiger charge is -2.02. The van der Waals surface area contributed by atoms with Gasteiger partial charge >= 0.3 is 5.97 Å². The van der Waals surface area contributed by atoms with Gasteiger partial charge in [0.15, 0.2) is 0 Å². The smallest absolute Gasteiger partial charge is 0.303 e. The average Bonchev–Trinajstić information content (AvgIpc) is 1.79. The predicted molar refractivity (Wildman–Crippen MR) is 35.2 cm³/mol. The fourth-order valence-corrected chi connectivity index (χ4v) is 0.606. The monoisotopic (exact) mass is 149 g/mol. The Morgan fingerprint density at radius 1 is 1.60 bits per heavy atom. The van der Waals surface area contributed by atoms with Crippen LogP contribution in [0.5, 0.6) is 0 Å². The number of hydrogen-bond acceptors (Lipinski definition) is 2. The molecule has 0 aromatic carbocycles. The van der Waals surface area contributed by atoms with Crippen molar-refractivity contribution >= 4 is 5.97 Å². The molecule has 3 nitrogen and oxygen atoms in total. The van der Waals surface area contributed by atoms with Gasteiger partial charge in [-0.2, -0.15) is 0 Å². The van der Waals surface area contributed by atoms with Crippen LogP contribution in [0.15, 0.2) is 0 Å². The van der Waals surface area contributed by atoms with E-state index in [2.05, 4.69) is 0 Å². The number of carbonyl (C=O) groups is 1. The lowest BCUT2D eigenvalue weighted by Crippen LogP contribution is -2.08. The number of halogens is 1. The second-order valence-corrected chi connectivity index (χ2v) is 2.18. The van der Waals surface area contributed by atoms with Crippen molar-refractivity contribution in [2.45, 2.75) is 19.3 Å². The third kappa shape index (κ3) is 7.36. The molecule has 0 saturated carbocycles. The minimum atomic E-state index is -0.818. The summed E-state index contributed by atoms with van der Waals surface area (Å²) < 4.78 is 11.9. The molecule has 60 valence electrons. The molecule has 0 atom stereocenters. The Balaban J connectivity index is 2.98. The van der Waals surface area contributed by atoms with Gasteiger partial charge in [-0.05, 0) is 12.8 Å². The SMILES string of the molecule is CN(F)CCCCC(=O)O. The molecule has 1 N–H and O–H groups in total. The number of carboxylic acids is 1. The highest BCUT2D eigenvalue weighted by Gasteiger charge is 1.97. The van der Waals surface area contributed by atoms with E-state index in [0.717, 1.165) is 0 Å². The van der Waals surface area contributed by atoms with Crippen LogP contribution < -0.4 is 0 Å². The number of unbranched alkanes of at least 4 members (excludes halogenated alkanes) is 1. The zero-order valence-corrected chi connectivity index (χ0v) is 6.01. The van der Waals surface area contributed by atoms with Crippen molar-refractivity contribution in [1.82, 2.24) is 5.12 Å². The van der Waals surface area contributed by atoms with E-state index in [1.807, 2.05) is 0 Å². The van der Waals surface area contributed by atoms with Gasteiger partial charge in [0.05, 0.1) is 0 Å². The molecular formula is C6H12FNO2. The van der Waals surface area contributed by atoms with Crippen LogP contribution in [0, 0.1) is 0 Å². The molecule has 0 aromatic rings. The van der Waals surface area contributed by atoms with E-state index in [9.17, 15) is 9.28 Å². The summed E-state index contributed by atoms with van der Waals surface area (Å²) in [6, 6.07) is 0. The molecule has 0 radical (unpaired) electrons. The molecule has 0 spiro atoms. The lowest BCUT2D eigenvalue weighted by atomic mass is 10.2. The molecule has 0 bridgehead atoms. The first-order valence-corrected chi connectivity index (χ1v) is 3.21. The van der Waals surface area contributed by atoms with Crippen LogP contribution in [-0.2, 0) is 4.79 Å². The molecule has 10 heavy (non-hydrogen) atoms. The van der Waals surface area contributed by atoms with Crippen LogP contribution in [0.2, 0.25) is 0 Å². The summed E-state index contributed by atoms with van der Waals surface area (Å²) in [4.78, 5) is 9.94. The summed E-state index contributed by atoms with van der Waals surface area (Å²) in [7, 11) is 1.32.